The standard InChI is InChI=1S/C36H75PS4/c1-4-7-10-13-16-19-22-25-28-31-34-39-37(38,40-35-32-29-26-23-20-17-14-11-8-5-2)41-36-33-30-27-24-21-18-15-12-9-6-3/h4-36H2,1-3H3. The van der Waals surface area contributed by atoms with E-state index in [1.54, 1.807) is 0 Å². The second-order valence-corrected chi connectivity index (χ2v) is 28.4. The Labute approximate surface area is 278 Å². The average Bonchev–Trinajstić information content (AvgIpc) is 2.97. The van der Waals surface area contributed by atoms with Gasteiger partial charge in [0.1, 0.15) is 3.64 Å². The molecule has 0 nitrogen and oxygen atoms in total. The molecule has 41 heavy (non-hydrogen) atoms. The Hall–Kier alpha value is 1.70. The van der Waals surface area contributed by atoms with Gasteiger partial charge in [0.05, 0.1) is 0 Å². The molecule has 0 unspecified atom stereocenters. The van der Waals surface area contributed by atoms with Crippen molar-refractivity contribution in [1.29, 1.82) is 0 Å². The number of hydrogen-bond acceptors (Lipinski definition) is 4. The predicted octanol–water partition coefficient (Wildman–Crippen LogP) is 16.2. The molecular weight excluding hydrogens is 592 g/mol. The highest BCUT2D eigenvalue weighted by atomic mass is 33.5. The summed E-state index contributed by atoms with van der Waals surface area (Å²) in [5.41, 5.74) is 0. The third kappa shape index (κ3) is 34.4. The first-order valence-corrected chi connectivity index (χ1v) is 26.3. The van der Waals surface area contributed by atoms with E-state index >= 15 is 0 Å². The Kier molecular flexibility index (Phi) is 37.7. The third-order valence-corrected chi connectivity index (χ3v) is 23.6. The van der Waals surface area contributed by atoms with Crippen molar-refractivity contribution in [1.82, 2.24) is 0 Å². The van der Waals surface area contributed by atoms with Crippen molar-refractivity contribution in [3.05, 3.63) is 0 Å². The Morgan fingerprint density at radius 3 is 0.659 bits per heavy atom. The molecule has 248 valence electrons. The summed E-state index contributed by atoms with van der Waals surface area (Å²) in [6, 6.07) is 0. The van der Waals surface area contributed by atoms with Crippen molar-refractivity contribution in [3.8, 4) is 0 Å². The zero-order chi connectivity index (χ0) is 30.0. The minimum atomic E-state index is -1.37. The highest BCUT2D eigenvalue weighted by Crippen LogP contribution is 2.78. The van der Waals surface area contributed by atoms with E-state index in [2.05, 4.69) is 54.9 Å². The van der Waals surface area contributed by atoms with E-state index in [9.17, 15) is 0 Å². The highest BCUT2D eigenvalue weighted by Gasteiger charge is 2.18. The van der Waals surface area contributed by atoms with Gasteiger partial charge in [-0.2, -0.15) is 0 Å². The lowest BCUT2D eigenvalue weighted by atomic mass is 10.1. The lowest BCUT2D eigenvalue weighted by molar-refractivity contribution is 0.563. The average molecular weight is 667 g/mol. The van der Waals surface area contributed by atoms with Crippen LogP contribution >= 0.6 is 37.8 Å². The summed E-state index contributed by atoms with van der Waals surface area (Å²) >= 11 is 13.1. The number of rotatable bonds is 36. The smallest absolute Gasteiger partial charge is 0.104 e. The molecule has 0 fully saturated rings. The van der Waals surface area contributed by atoms with Crippen LogP contribution in [0, 0.1) is 0 Å². The fourth-order valence-electron chi connectivity index (χ4n) is 5.41. The first-order valence-electron chi connectivity index (χ1n) is 18.7. The Bertz CT molecular complexity index is 456. The lowest BCUT2D eigenvalue weighted by Gasteiger charge is -2.20. The van der Waals surface area contributed by atoms with Crippen LogP contribution in [0.2, 0.25) is 0 Å². The van der Waals surface area contributed by atoms with Crippen molar-refractivity contribution < 1.29 is 0 Å². The van der Waals surface area contributed by atoms with Crippen LogP contribution in [0.25, 0.3) is 0 Å². The summed E-state index contributed by atoms with van der Waals surface area (Å²) in [5.74, 6) is 3.93. The second-order valence-electron chi connectivity index (χ2n) is 12.5. The van der Waals surface area contributed by atoms with Gasteiger partial charge in [-0.15, -0.1) is 34.1 Å². The monoisotopic (exact) mass is 666 g/mol. The molecule has 0 bridgehead atoms. The predicted molar refractivity (Wildman–Crippen MR) is 207 cm³/mol. The maximum Gasteiger partial charge on any atom is 0.109 e. The Morgan fingerprint density at radius 2 is 0.463 bits per heavy atom. The molecule has 0 saturated heterocycles. The molecule has 0 aliphatic heterocycles. The van der Waals surface area contributed by atoms with Gasteiger partial charge in [0.2, 0.25) is 0 Å². The SMILES string of the molecule is CCCCCCCCCCCCSP(=S)(SCCCCCCCCCCCC)SCCCCCCCCCCCC. The van der Waals surface area contributed by atoms with Gasteiger partial charge >= 0.3 is 0 Å². The van der Waals surface area contributed by atoms with Crippen LogP contribution in [-0.4, -0.2) is 17.3 Å². The van der Waals surface area contributed by atoms with Crippen LogP contribution in [0.1, 0.15) is 213 Å². The van der Waals surface area contributed by atoms with Gasteiger partial charge in [-0.25, -0.2) is 0 Å². The van der Waals surface area contributed by atoms with Crippen LogP contribution in [0.4, 0.5) is 0 Å². The summed E-state index contributed by atoms with van der Waals surface area (Å²) in [7, 11) is 0. The molecular formula is C36H75PS4. The van der Waals surface area contributed by atoms with E-state index < -0.39 is 3.64 Å². The van der Waals surface area contributed by atoms with E-state index in [0.717, 1.165) is 0 Å². The van der Waals surface area contributed by atoms with Crippen LogP contribution in [-0.2, 0) is 11.8 Å². The molecule has 0 radical (unpaired) electrons. The van der Waals surface area contributed by atoms with Crippen LogP contribution in [0.3, 0.4) is 0 Å². The summed E-state index contributed by atoms with van der Waals surface area (Å²) in [5, 5.41) is 0. The number of hydrogen-bond donors (Lipinski definition) is 0. The van der Waals surface area contributed by atoms with Crippen molar-refractivity contribution in [2.75, 3.05) is 17.3 Å². The molecule has 0 aliphatic rings. The van der Waals surface area contributed by atoms with Crippen molar-refractivity contribution >= 4 is 49.6 Å². The first-order chi connectivity index (χ1) is 20.2. The number of unbranched alkanes of at least 4 members (excludes halogenated alkanes) is 27. The summed E-state index contributed by atoms with van der Waals surface area (Å²) in [4.78, 5) is 0. The topological polar surface area (TPSA) is 0 Å². The maximum atomic E-state index is 6.41. The quantitative estimate of drug-likeness (QED) is 0.0482. The molecule has 0 aliphatic carbocycles. The van der Waals surface area contributed by atoms with E-state index in [0.29, 0.717) is 0 Å². The van der Waals surface area contributed by atoms with Crippen LogP contribution < -0.4 is 0 Å². The molecule has 0 aromatic carbocycles. The molecule has 0 heterocycles. The maximum absolute atomic E-state index is 6.41. The molecule has 0 rings (SSSR count). The van der Waals surface area contributed by atoms with Crippen LogP contribution in [0.5, 0.6) is 0 Å². The Morgan fingerprint density at radius 1 is 0.293 bits per heavy atom. The normalized spacial score (nSPS) is 12.0. The van der Waals surface area contributed by atoms with Gasteiger partial charge in [0.25, 0.3) is 0 Å². The van der Waals surface area contributed by atoms with Crippen molar-refractivity contribution in [2.45, 2.75) is 213 Å². The summed E-state index contributed by atoms with van der Waals surface area (Å²) < 4.78 is -1.37. The third-order valence-electron chi connectivity index (χ3n) is 8.24. The first kappa shape index (κ1) is 42.7. The molecule has 0 N–H and O–H groups in total. The fraction of sp³-hybridized carbons (Fsp3) is 1.00. The van der Waals surface area contributed by atoms with E-state index in [1.807, 2.05) is 0 Å². The van der Waals surface area contributed by atoms with Crippen LogP contribution in [0.15, 0.2) is 0 Å². The Balaban J connectivity index is 4.07. The molecule has 0 atom stereocenters. The van der Waals surface area contributed by atoms with E-state index in [-0.39, 0.29) is 0 Å². The van der Waals surface area contributed by atoms with Gasteiger partial charge in [-0.1, -0.05) is 206 Å². The molecule has 0 aromatic heterocycles. The van der Waals surface area contributed by atoms with Crippen molar-refractivity contribution in [2.24, 2.45) is 0 Å². The molecule has 5 heteroatoms. The zero-order valence-corrected chi connectivity index (χ0v) is 32.6. The highest BCUT2D eigenvalue weighted by molar-refractivity contribution is 9.23. The van der Waals surface area contributed by atoms with Gasteiger partial charge < -0.3 is 0 Å². The minimum Gasteiger partial charge on any atom is -0.104 e. The van der Waals surface area contributed by atoms with Gasteiger partial charge in [-0.3, -0.25) is 0 Å². The summed E-state index contributed by atoms with van der Waals surface area (Å²) in [6.07, 6.45) is 42.9. The molecule has 0 aromatic rings. The second kappa shape index (κ2) is 36.2. The summed E-state index contributed by atoms with van der Waals surface area (Å²) in [6.45, 7) is 6.93. The fourth-order valence-corrected chi connectivity index (χ4v) is 19.2. The van der Waals surface area contributed by atoms with Gasteiger partial charge in [-0.05, 0) is 36.5 Å². The lowest BCUT2D eigenvalue weighted by Crippen LogP contribution is -1.86. The van der Waals surface area contributed by atoms with Crippen molar-refractivity contribution in [3.63, 3.8) is 0 Å². The van der Waals surface area contributed by atoms with Gasteiger partial charge in [0.15, 0.2) is 0 Å². The zero-order valence-electron chi connectivity index (χ0n) is 28.4. The minimum absolute atomic E-state index is 1.31. The van der Waals surface area contributed by atoms with Gasteiger partial charge in [0, 0.05) is 0 Å². The molecule has 0 saturated carbocycles. The largest absolute Gasteiger partial charge is 0.109 e. The van der Waals surface area contributed by atoms with E-state index in [1.165, 1.54) is 210 Å². The molecule has 0 amide bonds. The van der Waals surface area contributed by atoms with E-state index in [4.69, 9.17) is 11.8 Å². The molecule has 0 spiro atoms.